The van der Waals surface area contributed by atoms with Crippen molar-refractivity contribution in [2.45, 2.75) is 64.9 Å². The van der Waals surface area contributed by atoms with Crippen molar-refractivity contribution in [3.8, 4) is 0 Å². The van der Waals surface area contributed by atoms with Gasteiger partial charge in [0.15, 0.2) is 0 Å². The Hall–Kier alpha value is -1.82. The predicted molar refractivity (Wildman–Crippen MR) is 115 cm³/mol. The number of ether oxygens (including phenoxy) is 1. The van der Waals surface area contributed by atoms with Gasteiger partial charge in [-0.1, -0.05) is 19.3 Å². The molecule has 2 heterocycles. The van der Waals surface area contributed by atoms with Gasteiger partial charge in [-0.15, -0.1) is 0 Å². The third-order valence-electron chi connectivity index (χ3n) is 5.76. The molecule has 2 saturated heterocycles. The molecule has 2 fully saturated rings. The summed E-state index contributed by atoms with van der Waals surface area (Å²) in [5.74, 6) is -0.306. The van der Waals surface area contributed by atoms with Crippen molar-refractivity contribution in [1.82, 2.24) is 4.90 Å². The van der Waals surface area contributed by atoms with Crippen LogP contribution in [-0.4, -0.2) is 49.2 Å². The number of nitrogen functional groups attached to an aromatic ring is 1. The first-order valence-corrected chi connectivity index (χ1v) is 10.9. The Balaban J connectivity index is 1.21. The van der Waals surface area contributed by atoms with Crippen molar-refractivity contribution in [1.29, 1.82) is 0 Å². The number of nitrogens with zero attached hydrogens (tertiary/aromatic N) is 2. The molecule has 29 heavy (non-hydrogen) atoms. The summed E-state index contributed by atoms with van der Waals surface area (Å²) in [5.41, 5.74) is 6.76. The predicted octanol–water partition coefficient (Wildman–Crippen LogP) is 4.21. The zero-order chi connectivity index (χ0) is 21.1. The average Bonchev–Trinajstić information content (AvgIpc) is 2.53. The quantitative estimate of drug-likeness (QED) is 0.379. The van der Waals surface area contributed by atoms with E-state index in [4.69, 9.17) is 10.5 Å². The molecular weight excluding hydrogens is 369 g/mol. The van der Waals surface area contributed by atoms with Gasteiger partial charge >= 0.3 is 5.97 Å². The second kappa shape index (κ2) is 8.90. The van der Waals surface area contributed by atoms with Crippen molar-refractivity contribution >= 4 is 17.3 Å². The Labute approximate surface area is 174 Å². The van der Waals surface area contributed by atoms with Gasteiger partial charge in [0.1, 0.15) is 11.4 Å². The molecule has 0 radical (unpaired) electrons. The molecule has 2 aliphatic heterocycles. The minimum atomic E-state index is -0.383. The zero-order valence-corrected chi connectivity index (χ0v) is 18.2. The van der Waals surface area contributed by atoms with Crippen LogP contribution in [0.3, 0.4) is 0 Å². The van der Waals surface area contributed by atoms with E-state index in [-0.39, 0.29) is 17.4 Å². The fourth-order valence-corrected chi connectivity index (χ4v) is 4.50. The Morgan fingerprint density at radius 2 is 1.76 bits per heavy atom. The van der Waals surface area contributed by atoms with Crippen LogP contribution in [0, 0.1) is 11.2 Å². The number of rotatable bonds is 9. The van der Waals surface area contributed by atoms with Gasteiger partial charge in [-0.25, -0.2) is 4.39 Å². The van der Waals surface area contributed by atoms with Gasteiger partial charge in [0.25, 0.3) is 0 Å². The number of esters is 1. The highest BCUT2D eigenvalue weighted by Crippen LogP contribution is 2.42. The van der Waals surface area contributed by atoms with Gasteiger partial charge in [-0.05, 0) is 58.4 Å². The monoisotopic (exact) mass is 405 g/mol. The van der Waals surface area contributed by atoms with Crippen LogP contribution in [0.2, 0.25) is 0 Å². The molecule has 0 unspecified atom stereocenters. The van der Waals surface area contributed by atoms with Crippen molar-refractivity contribution in [3.05, 3.63) is 24.0 Å². The summed E-state index contributed by atoms with van der Waals surface area (Å²) in [7, 11) is 0. The first kappa shape index (κ1) is 21.9. The fraction of sp³-hybridized carbons (Fsp3) is 0.696. The topological polar surface area (TPSA) is 58.8 Å². The highest BCUT2D eigenvalue weighted by atomic mass is 19.1. The van der Waals surface area contributed by atoms with Crippen LogP contribution in [0.5, 0.6) is 0 Å². The summed E-state index contributed by atoms with van der Waals surface area (Å²) in [6, 6.07) is 4.96. The molecule has 1 aromatic rings. The van der Waals surface area contributed by atoms with E-state index < -0.39 is 0 Å². The Morgan fingerprint density at radius 1 is 1.10 bits per heavy atom. The molecule has 0 aliphatic carbocycles. The number of carbonyl (C=O) groups is 1. The molecule has 2 aliphatic rings. The summed E-state index contributed by atoms with van der Waals surface area (Å²) in [5, 5.41) is 0. The molecule has 162 valence electrons. The van der Waals surface area contributed by atoms with E-state index in [0.717, 1.165) is 45.6 Å². The van der Waals surface area contributed by atoms with E-state index >= 15 is 0 Å². The van der Waals surface area contributed by atoms with Crippen LogP contribution >= 0.6 is 0 Å². The first-order valence-electron chi connectivity index (χ1n) is 10.9. The number of benzene rings is 1. The molecule has 0 amide bonds. The number of hydrogen-bond donors (Lipinski definition) is 1. The van der Waals surface area contributed by atoms with Crippen LogP contribution in [0.1, 0.15) is 59.3 Å². The van der Waals surface area contributed by atoms with Crippen LogP contribution in [0.15, 0.2) is 18.2 Å². The lowest BCUT2D eigenvalue weighted by Crippen LogP contribution is -2.72. The zero-order valence-electron chi connectivity index (χ0n) is 18.2. The largest absolute Gasteiger partial charge is 0.460 e. The normalized spacial score (nSPS) is 18.4. The maximum atomic E-state index is 14.0. The van der Waals surface area contributed by atoms with Crippen LogP contribution in [0.25, 0.3) is 0 Å². The lowest BCUT2D eigenvalue weighted by molar-refractivity contribution is -0.154. The van der Waals surface area contributed by atoms with Crippen LogP contribution in [0.4, 0.5) is 15.8 Å². The van der Waals surface area contributed by atoms with Crippen molar-refractivity contribution < 1.29 is 13.9 Å². The van der Waals surface area contributed by atoms with Gasteiger partial charge in [-0.3, -0.25) is 4.79 Å². The summed E-state index contributed by atoms with van der Waals surface area (Å²) >= 11 is 0. The van der Waals surface area contributed by atoms with E-state index in [1.165, 1.54) is 25.3 Å². The lowest BCUT2D eigenvalue weighted by atomic mass is 9.72. The second-order valence-corrected chi connectivity index (χ2v) is 9.88. The summed E-state index contributed by atoms with van der Waals surface area (Å²) in [6.45, 7) is 11.0. The molecule has 0 aromatic heterocycles. The van der Waals surface area contributed by atoms with Crippen molar-refractivity contribution in [2.24, 2.45) is 5.41 Å². The Bertz CT molecular complexity index is 703. The third-order valence-corrected chi connectivity index (χ3v) is 5.76. The smallest absolute Gasteiger partial charge is 0.306 e. The molecule has 1 spiro atoms. The maximum Gasteiger partial charge on any atom is 0.306 e. The number of carbonyl (C=O) groups excluding carboxylic acids is 1. The molecule has 0 saturated carbocycles. The summed E-state index contributed by atoms with van der Waals surface area (Å²) < 4.78 is 19.4. The number of likely N-dealkylation sites (tertiary alicyclic amines) is 1. The maximum absolute atomic E-state index is 14.0. The molecule has 3 rings (SSSR count). The third kappa shape index (κ3) is 6.08. The minimum absolute atomic E-state index is 0.0863. The van der Waals surface area contributed by atoms with Gasteiger partial charge in [0.05, 0.1) is 5.69 Å². The second-order valence-electron chi connectivity index (χ2n) is 9.88. The van der Waals surface area contributed by atoms with E-state index in [1.54, 1.807) is 12.1 Å². The molecule has 0 bridgehead atoms. The molecular formula is C23H36FN3O2. The van der Waals surface area contributed by atoms with E-state index in [9.17, 15) is 9.18 Å². The molecule has 5 nitrogen and oxygen atoms in total. The number of anilines is 2. The molecule has 1 aromatic carbocycles. The van der Waals surface area contributed by atoms with Crippen LogP contribution < -0.4 is 10.6 Å². The van der Waals surface area contributed by atoms with Gasteiger partial charge in [0.2, 0.25) is 0 Å². The van der Waals surface area contributed by atoms with Gasteiger partial charge in [-0.2, -0.15) is 0 Å². The summed E-state index contributed by atoms with van der Waals surface area (Å²) in [4.78, 5) is 16.3. The number of nitrogens with two attached hydrogens (primary N) is 1. The van der Waals surface area contributed by atoms with E-state index in [1.807, 2.05) is 20.8 Å². The highest BCUT2D eigenvalue weighted by Gasteiger charge is 2.51. The summed E-state index contributed by atoms with van der Waals surface area (Å²) in [6.07, 6.45) is 6.12. The van der Waals surface area contributed by atoms with E-state index in [0.29, 0.717) is 23.2 Å². The molecule has 2 N–H and O–H groups in total. The van der Waals surface area contributed by atoms with Crippen molar-refractivity contribution in [2.75, 3.05) is 43.4 Å². The highest BCUT2D eigenvalue weighted by molar-refractivity contribution is 5.69. The Kier molecular flexibility index (Phi) is 6.72. The number of halogens is 1. The lowest BCUT2D eigenvalue weighted by Gasteiger charge is -2.61. The fourth-order valence-electron chi connectivity index (χ4n) is 4.50. The minimum Gasteiger partial charge on any atom is -0.460 e. The standard InChI is InChI=1S/C23H36FN3O2/c1-22(2,3)29-21(28)9-7-5-4-6-8-12-26-14-23(15-26)16-27(17-23)20-11-10-18(25)13-19(20)24/h10-11,13H,4-9,12,14-17,25H2,1-3H3. The Morgan fingerprint density at radius 3 is 2.41 bits per heavy atom. The van der Waals surface area contributed by atoms with E-state index in [2.05, 4.69) is 9.80 Å². The van der Waals surface area contributed by atoms with Gasteiger partial charge < -0.3 is 20.3 Å². The molecule has 0 atom stereocenters. The number of hydrogen-bond acceptors (Lipinski definition) is 5. The first-order chi connectivity index (χ1) is 13.7. The van der Waals surface area contributed by atoms with Crippen molar-refractivity contribution in [3.63, 3.8) is 0 Å². The number of unbranched alkanes of at least 4 members (excludes halogenated alkanes) is 4. The van der Waals surface area contributed by atoms with Gasteiger partial charge in [0, 0.05) is 43.7 Å². The SMILES string of the molecule is CC(C)(C)OC(=O)CCCCCCCN1CC2(C1)CN(c1ccc(N)cc1F)C2. The average molecular weight is 406 g/mol. The molecule has 6 heteroatoms. The van der Waals surface area contributed by atoms with Crippen LogP contribution in [-0.2, 0) is 9.53 Å².